The molecule has 7 fully saturated rings. The smallest absolute Gasteiger partial charge is 0.0572 e. The van der Waals surface area contributed by atoms with Gasteiger partial charge in [-0.1, -0.05) is 31.4 Å². The van der Waals surface area contributed by atoms with E-state index >= 15 is 0 Å². The van der Waals surface area contributed by atoms with Gasteiger partial charge in [0.1, 0.15) is 0 Å². The quantitative estimate of drug-likeness (QED) is 0.287. The summed E-state index contributed by atoms with van der Waals surface area (Å²) in [5, 5.41) is 0. The van der Waals surface area contributed by atoms with Gasteiger partial charge in [-0.25, -0.2) is 0 Å². The van der Waals surface area contributed by atoms with Gasteiger partial charge in [-0.15, -0.1) is 0 Å². The Morgan fingerprint density at radius 1 is 0.463 bits per heavy atom. The first-order valence-electron chi connectivity index (χ1n) is 18.7. The molecule has 0 spiro atoms. The van der Waals surface area contributed by atoms with E-state index in [4.69, 9.17) is 9.47 Å². The van der Waals surface area contributed by atoms with Crippen LogP contribution in [0.4, 0.5) is 0 Å². The number of methoxy groups -OCH3 is 2. The first-order chi connectivity index (χ1) is 20.2. The fourth-order valence-corrected chi connectivity index (χ4v) is 12.5. The molecule has 0 radical (unpaired) electrons. The van der Waals surface area contributed by atoms with Crippen molar-refractivity contribution in [2.45, 2.75) is 165 Å². The van der Waals surface area contributed by atoms with Gasteiger partial charge in [-0.3, -0.25) is 4.90 Å². The summed E-state index contributed by atoms with van der Waals surface area (Å²) >= 11 is 0. The Hall–Kier alpha value is -0.380. The van der Waals surface area contributed by atoms with Crippen molar-refractivity contribution in [2.75, 3.05) is 14.2 Å². The molecule has 3 nitrogen and oxygen atoms in total. The minimum absolute atomic E-state index is 0.501. The topological polar surface area (TPSA) is 21.7 Å². The summed E-state index contributed by atoms with van der Waals surface area (Å²) in [6.45, 7) is 0. The lowest BCUT2D eigenvalue weighted by Gasteiger charge is -2.59. The van der Waals surface area contributed by atoms with Gasteiger partial charge in [-0.2, -0.15) is 0 Å². The highest BCUT2D eigenvalue weighted by atomic mass is 16.5. The molecule has 0 heterocycles. The molecule has 7 rings (SSSR count). The zero-order chi connectivity index (χ0) is 27.8. The average Bonchev–Trinajstić information content (AvgIpc) is 3.04. The third kappa shape index (κ3) is 6.13. The second-order valence-corrected chi connectivity index (χ2v) is 16.2. The van der Waals surface area contributed by atoms with E-state index in [1.165, 1.54) is 83.5 Å². The predicted octanol–water partition coefficient (Wildman–Crippen LogP) is 9.20. The minimum Gasteiger partial charge on any atom is -0.381 e. The van der Waals surface area contributed by atoms with Crippen LogP contribution < -0.4 is 0 Å². The van der Waals surface area contributed by atoms with Crippen LogP contribution in [0.15, 0.2) is 12.2 Å². The van der Waals surface area contributed by atoms with E-state index in [2.05, 4.69) is 17.1 Å². The highest BCUT2D eigenvalue weighted by Crippen LogP contribution is 2.61. The average molecular weight is 566 g/mol. The summed E-state index contributed by atoms with van der Waals surface area (Å²) in [7, 11) is 3.84. The summed E-state index contributed by atoms with van der Waals surface area (Å²) in [5.74, 6) is 8.29. The number of ether oxygens (including phenoxy) is 2. The number of rotatable bonds is 7. The van der Waals surface area contributed by atoms with Crippen LogP contribution in [-0.2, 0) is 9.47 Å². The van der Waals surface area contributed by atoms with Crippen molar-refractivity contribution in [2.24, 2.45) is 47.3 Å². The molecule has 7 aliphatic rings. The van der Waals surface area contributed by atoms with Gasteiger partial charge in [0, 0.05) is 32.3 Å². The Bertz CT molecular complexity index is 818. The van der Waals surface area contributed by atoms with E-state index in [-0.39, 0.29) is 0 Å². The molecular weight excluding hydrogens is 502 g/mol. The van der Waals surface area contributed by atoms with E-state index in [1.54, 1.807) is 51.4 Å². The number of hydrogen-bond donors (Lipinski definition) is 0. The van der Waals surface area contributed by atoms with Crippen LogP contribution in [0.2, 0.25) is 0 Å². The highest BCUT2D eigenvalue weighted by molar-refractivity contribution is 5.07. The first kappa shape index (κ1) is 29.3. The standard InChI is InChI=1S/C38H63NO2/c1-40-34-21-17-32(18-22-34)39(33-19-23-35(41-2)24-20-33)31-15-7-26(8-16-31)6-9-27-10-11-30-13-12-28-4-3-5-29-14-25-36(27)38(30)37(28)29/h6,9,26-38H,3-5,7-8,10-25H2,1-2H3. The molecule has 41 heavy (non-hydrogen) atoms. The second kappa shape index (κ2) is 13.3. The monoisotopic (exact) mass is 565 g/mol. The van der Waals surface area contributed by atoms with Crippen LogP contribution in [0.5, 0.6) is 0 Å². The zero-order valence-electron chi connectivity index (χ0n) is 26.8. The van der Waals surface area contributed by atoms with Gasteiger partial charge in [0.25, 0.3) is 0 Å². The molecule has 232 valence electrons. The van der Waals surface area contributed by atoms with Crippen LogP contribution in [0, 0.1) is 47.3 Å². The Kier molecular flexibility index (Phi) is 9.53. The van der Waals surface area contributed by atoms with Crippen LogP contribution >= 0.6 is 0 Å². The Morgan fingerprint density at radius 2 is 0.951 bits per heavy atom. The molecule has 0 aliphatic heterocycles. The van der Waals surface area contributed by atoms with Crippen molar-refractivity contribution in [1.82, 2.24) is 4.90 Å². The van der Waals surface area contributed by atoms with Crippen molar-refractivity contribution < 1.29 is 9.47 Å². The predicted molar refractivity (Wildman–Crippen MR) is 169 cm³/mol. The Balaban J connectivity index is 0.971. The fourth-order valence-electron chi connectivity index (χ4n) is 12.5. The van der Waals surface area contributed by atoms with Crippen LogP contribution in [0.1, 0.15) is 135 Å². The highest BCUT2D eigenvalue weighted by Gasteiger charge is 2.53. The van der Waals surface area contributed by atoms with Crippen molar-refractivity contribution in [3.63, 3.8) is 0 Å². The normalized spacial score (nSPS) is 48.7. The van der Waals surface area contributed by atoms with Crippen molar-refractivity contribution in [3.05, 3.63) is 12.2 Å². The second-order valence-electron chi connectivity index (χ2n) is 16.2. The molecule has 0 bridgehead atoms. The summed E-state index contributed by atoms with van der Waals surface area (Å²) in [5.41, 5.74) is 0. The number of nitrogens with zero attached hydrogens (tertiary/aromatic N) is 1. The van der Waals surface area contributed by atoms with Crippen LogP contribution in [-0.4, -0.2) is 49.5 Å². The summed E-state index contributed by atoms with van der Waals surface area (Å²) in [6.07, 6.45) is 36.7. The molecule has 7 saturated carbocycles. The lowest BCUT2D eigenvalue weighted by molar-refractivity contribution is -0.0889. The zero-order valence-corrected chi connectivity index (χ0v) is 26.8. The molecule has 7 unspecified atom stereocenters. The van der Waals surface area contributed by atoms with Crippen LogP contribution in [0.25, 0.3) is 0 Å². The molecule has 0 aromatic heterocycles. The molecular formula is C38H63NO2. The molecule has 7 aliphatic carbocycles. The third-order valence-electron chi connectivity index (χ3n) is 14.5. The Morgan fingerprint density at radius 3 is 1.51 bits per heavy atom. The third-order valence-corrected chi connectivity index (χ3v) is 14.5. The van der Waals surface area contributed by atoms with Crippen LogP contribution in [0.3, 0.4) is 0 Å². The Labute approximate surface area is 252 Å². The van der Waals surface area contributed by atoms with Crippen molar-refractivity contribution in [1.29, 1.82) is 0 Å². The van der Waals surface area contributed by atoms with Crippen molar-refractivity contribution in [3.8, 4) is 0 Å². The molecule has 0 aromatic rings. The molecule has 3 heteroatoms. The lowest BCUT2D eigenvalue weighted by atomic mass is 9.46. The summed E-state index contributed by atoms with van der Waals surface area (Å²) < 4.78 is 11.5. The van der Waals surface area contributed by atoms with E-state index in [9.17, 15) is 0 Å². The van der Waals surface area contributed by atoms with Gasteiger partial charge in [-0.05, 0) is 163 Å². The maximum absolute atomic E-state index is 5.76. The summed E-state index contributed by atoms with van der Waals surface area (Å²) in [4.78, 5) is 3.10. The van der Waals surface area contributed by atoms with Crippen molar-refractivity contribution >= 4 is 0 Å². The van der Waals surface area contributed by atoms with E-state index in [0.717, 1.165) is 65.5 Å². The molecule has 7 atom stereocenters. The molecule has 0 amide bonds. The maximum atomic E-state index is 5.76. The largest absolute Gasteiger partial charge is 0.381 e. The number of allylic oxidation sites excluding steroid dienone is 2. The minimum atomic E-state index is 0.501. The maximum Gasteiger partial charge on any atom is 0.0572 e. The van der Waals surface area contributed by atoms with Gasteiger partial charge >= 0.3 is 0 Å². The van der Waals surface area contributed by atoms with E-state index in [0.29, 0.717) is 12.2 Å². The van der Waals surface area contributed by atoms with Gasteiger partial charge in [0.05, 0.1) is 12.2 Å². The molecule has 0 saturated heterocycles. The van der Waals surface area contributed by atoms with Gasteiger partial charge in [0.15, 0.2) is 0 Å². The van der Waals surface area contributed by atoms with Gasteiger partial charge in [0.2, 0.25) is 0 Å². The summed E-state index contributed by atoms with van der Waals surface area (Å²) in [6, 6.07) is 2.38. The molecule has 0 N–H and O–H groups in total. The molecule has 0 aromatic carbocycles. The van der Waals surface area contributed by atoms with Gasteiger partial charge < -0.3 is 9.47 Å². The lowest BCUT2D eigenvalue weighted by Crippen LogP contribution is -2.53. The first-order valence-corrected chi connectivity index (χ1v) is 18.7. The van der Waals surface area contributed by atoms with E-state index in [1.807, 2.05) is 14.2 Å². The fraction of sp³-hybridized carbons (Fsp3) is 0.947. The van der Waals surface area contributed by atoms with E-state index < -0.39 is 0 Å². The number of hydrogen-bond acceptors (Lipinski definition) is 3. The SMILES string of the molecule is COC1CCC(N(C2CCC(C=CC3CCC4CCC5CCCC6CCC3C4C56)CC2)C2CCC(OC)CC2)CC1.